The van der Waals surface area contributed by atoms with Gasteiger partial charge in [-0.1, -0.05) is 25.2 Å². The van der Waals surface area contributed by atoms with Crippen molar-refractivity contribution in [3.63, 3.8) is 0 Å². The topological polar surface area (TPSA) is 96.4 Å². The molecule has 7 nitrogen and oxygen atoms in total. The number of nitrogens with zero attached hydrogens (tertiary/aromatic N) is 2. The molecule has 0 aliphatic rings. The molecular weight excluding hydrogens is 364 g/mol. The summed E-state index contributed by atoms with van der Waals surface area (Å²) in [6.45, 7) is 4.15. The summed E-state index contributed by atoms with van der Waals surface area (Å²) in [7, 11) is 1.56. The number of hydrogen-bond donors (Lipinski definition) is 3. The molecule has 8 heteroatoms. The van der Waals surface area contributed by atoms with E-state index in [9.17, 15) is 9.90 Å². The predicted molar refractivity (Wildman–Crippen MR) is 107 cm³/mol. The van der Waals surface area contributed by atoms with Gasteiger partial charge in [-0.05, 0) is 24.1 Å². The Bertz CT molecular complexity index is 942. The molecule has 0 aliphatic heterocycles. The number of thiazole rings is 1. The number of hydrogen-bond acceptors (Lipinski definition) is 7. The highest BCUT2D eigenvalue weighted by Gasteiger charge is 2.14. The van der Waals surface area contributed by atoms with Gasteiger partial charge >= 0.3 is 0 Å². The van der Waals surface area contributed by atoms with Crippen molar-refractivity contribution in [1.29, 1.82) is 0 Å². The van der Waals surface area contributed by atoms with Crippen LogP contribution in [0.3, 0.4) is 0 Å². The number of aliphatic hydroxyl groups excluding tert-OH is 1. The van der Waals surface area contributed by atoms with E-state index in [1.807, 2.05) is 18.2 Å². The van der Waals surface area contributed by atoms with E-state index in [0.717, 1.165) is 15.3 Å². The van der Waals surface area contributed by atoms with Crippen LogP contribution in [0.1, 0.15) is 24.3 Å². The monoisotopic (exact) mass is 386 g/mol. The molecule has 1 atom stereocenters. The van der Waals surface area contributed by atoms with Crippen LogP contribution in [0.5, 0.6) is 11.5 Å². The fraction of sp³-hybridized carbons (Fsp3) is 0.316. The summed E-state index contributed by atoms with van der Waals surface area (Å²) in [4.78, 5) is 20.3. The lowest BCUT2D eigenvalue weighted by Crippen LogP contribution is -2.29. The second-order valence-electron chi connectivity index (χ2n) is 6.38. The molecule has 3 N–H and O–H groups in total. The molecule has 0 saturated heterocycles. The Kier molecular flexibility index (Phi) is 5.88. The Labute approximate surface area is 161 Å². The maximum absolute atomic E-state index is 11.7. The number of amides is 1. The molecule has 3 aromatic rings. The van der Waals surface area contributed by atoms with Crippen LogP contribution in [0.15, 0.2) is 36.5 Å². The van der Waals surface area contributed by atoms with Gasteiger partial charge in [0.15, 0.2) is 5.13 Å². The molecule has 1 aromatic carbocycles. The van der Waals surface area contributed by atoms with Crippen molar-refractivity contribution in [3.8, 4) is 11.5 Å². The lowest BCUT2D eigenvalue weighted by atomic mass is 10.1. The molecule has 0 aliphatic carbocycles. The second kappa shape index (κ2) is 8.32. The van der Waals surface area contributed by atoms with E-state index >= 15 is 0 Å². The van der Waals surface area contributed by atoms with E-state index < -0.39 is 0 Å². The van der Waals surface area contributed by atoms with Crippen LogP contribution in [0.4, 0.5) is 5.13 Å². The van der Waals surface area contributed by atoms with E-state index in [-0.39, 0.29) is 18.6 Å². The van der Waals surface area contributed by atoms with Crippen molar-refractivity contribution in [2.45, 2.75) is 19.9 Å². The first-order chi connectivity index (χ1) is 13.0. The summed E-state index contributed by atoms with van der Waals surface area (Å²) in [6, 6.07) is 8.87. The highest BCUT2D eigenvalue weighted by molar-refractivity contribution is 7.22. The minimum atomic E-state index is -0.266. The normalized spacial score (nSPS) is 12.2. The Balaban J connectivity index is 1.80. The third-order valence-electron chi connectivity index (χ3n) is 4.10. The summed E-state index contributed by atoms with van der Waals surface area (Å²) in [5, 5.41) is 16.1. The number of nitrogens with one attached hydrogen (secondary N) is 2. The number of pyridine rings is 1. The molecule has 0 bridgehead atoms. The van der Waals surface area contributed by atoms with Gasteiger partial charge in [-0.2, -0.15) is 0 Å². The number of carbonyl (C=O) groups is 1. The minimum Gasteiger partial charge on any atom is -0.457 e. The first-order valence-corrected chi connectivity index (χ1v) is 9.45. The molecule has 3 rings (SSSR count). The van der Waals surface area contributed by atoms with E-state index in [1.54, 1.807) is 19.2 Å². The lowest BCUT2D eigenvalue weighted by molar-refractivity contribution is 0.0958. The molecule has 2 aromatic heterocycles. The Morgan fingerprint density at radius 1 is 1.26 bits per heavy atom. The fourth-order valence-corrected chi connectivity index (χ4v) is 3.43. The molecule has 0 fully saturated rings. The van der Waals surface area contributed by atoms with Gasteiger partial charge in [0.1, 0.15) is 17.2 Å². The molecule has 0 spiro atoms. The van der Waals surface area contributed by atoms with Gasteiger partial charge in [0.25, 0.3) is 5.91 Å². The van der Waals surface area contributed by atoms with Crippen molar-refractivity contribution >= 4 is 32.6 Å². The summed E-state index contributed by atoms with van der Waals surface area (Å²) in [5.41, 5.74) is 1.15. The maximum Gasteiger partial charge on any atom is 0.269 e. The summed E-state index contributed by atoms with van der Waals surface area (Å²) in [6.07, 6.45) is 1.54. The number of ether oxygens (including phenoxy) is 1. The lowest BCUT2D eigenvalue weighted by Gasteiger charge is -2.18. The second-order valence-corrected chi connectivity index (χ2v) is 7.41. The minimum absolute atomic E-state index is 0.0405. The average molecular weight is 386 g/mol. The van der Waals surface area contributed by atoms with Crippen LogP contribution in [-0.4, -0.2) is 40.7 Å². The van der Waals surface area contributed by atoms with Crippen LogP contribution >= 0.6 is 11.3 Å². The molecule has 142 valence electrons. The molecule has 0 saturated carbocycles. The molecule has 1 amide bonds. The number of anilines is 1. The molecule has 0 radical (unpaired) electrons. The number of carbonyl (C=O) groups excluding carboxylic acids is 1. The zero-order valence-electron chi connectivity index (χ0n) is 15.4. The highest BCUT2D eigenvalue weighted by Crippen LogP contribution is 2.32. The fourth-order valence-electron chi connectivity index (χ4n) is 2.47. The number of benzene rings is 1. The summed E-state index contributed by atoms with van der Waals surface area (Å²) in [5.74, 6) is 1.21. The first-order valence-electron chi connectivity index (χ1n) is 8.64. The van der Waals surface area contributed by atoms with Crippen LogP contribution < -0.4 is 15.4 Å². The summed E-state index contributed by atoms with van der Waals surface area (Å²) < 4.78 is 6.84. The van der Waals surface area contributed by atoms with Gasteiger partial charge in [-0.15, -0.1) is 0 Å². The predicted octanol–water partition coefficient (Wildman–Crippen LogP) is 3.27. The van der Waals surface area contributed by atoms with E-state index in [2.05, 4.69) is 34.4 Å². The zero-order chi connectivity index (χ0) is 19.4. The van der Waals surface area contributed by atoms with E-state index in [0.29, 0.717) is 23.1 Å². The number of aromatic nitrogens is 2. The van der Waals surface area contributed by atoms with Crippen LogP contribution in [0.2, 0.25) is 0 Å². The number of aliphatic hydroxyl groups is 1. The maximum atomic E-state index is 11.7. The summed E-state index contributed by atoms with van der Waals surface area (Å²) >= 11 is 1.50. The van der Waals surface area contributed by atoms with Crippen molar-refractivity contribution in [2.75, 3.05) is 19.0 Å². The molecule has 27 heavy (non-hydrogen) atoms. The third-order valence-corrected chi connectivity index (χ3v) is 5.05. The molecule has 0 unspecified atom stereocenters. The van der Waals surface area contributed by atoms with Gasteiger partial charge < -0.3 is 20.5 Å². The number of fused-ring (bicyclic) bond motifs is 1. The number of rotatable bonds is 7. The van der Waals surface area contributed by atoms with Gasteiger partial charge in [-0.25, -0.2) is 4.98 Å². The SMILES string of the molecule is CNC(=O)c1cc(Oc2ccc3nc(N[C@@H](CO)C(C)C)sc3c2)ccn1. The van der Waals surface area contributed by atoms with Crippen LogP contribution in [0.25, 0.3) is 10.2 Å². The van der Waals surface area contributed by atoms with E-state index in [1.165, 1.54) is 17.5 Å². The Morgan fingerprint density at radius 2 is 2.04 bits per heavy atom. The molecule has 2 heterocycles. The first kappa shape index (κ1) is 19.1. The van der Waals surface area contributed by atoms with Crippen molar-refractivity contribution < 1.29 is 14.6 Å². The van der Waals surface area contributed by atoms with Gasteiger partial charge in [0, 0.05) is 25.4 Å². The van der Waals surface area contributed by atoms with Crippen molar-refractivity contribution in [1.82, 2.24) is 15.3 Å². The quantitative estimate of drug-likeness (QED) is 0.577. The van der Waals surface area contributed by atoms with Crippen molar-refractivity contribution in [3.05, 3.63) is 42.2 Å². The Hall–Kier alpha value is -2.71. The van der Waals surface area contributed by atoms with E-state index in [4.69, 9.17) is 4.74 Å². The van der Waals surface area contributed by atoms with Gasteiger partial charge in [0.05, 0.1) is 22.9 Å². The standard InChI is InChI=1S/C19H22N4O3S/c1-11(2)16(10-24)23-19-22-14-5-4-12(9-17(14)27-19)26-13-6-7-21-15(8-13)18(25)20-3/h4-9,11,16,24H,10H2,1-3H3,(H,20,25)(H,22,23)/t16-/m0/s1. The van der Waals surface area contributed by atoms with Crippen molar-refractivity contribution in [2.24, 2.45) is 5.92 Å². The molecular formula is C19H22N4O3S. The Morgan fingerprint density at radius 3 is 2.74 bits per heavy atom. The van der Waals surface area contributed by atoms with Gasteiger partial charge in [-0.3, -0.25) is 9.78 Å². The zero-order valence-corrected chi connectivity index (χ0v) is 16.2. The van der Waals surface area contributed by atoms with Crippen LogP contribution in [-0.2, 0) is 0 Å². The average Bonchev–Trinajstić information content (AvgIpc) is 3.07. The van der Waals surface area contributed by atoms with Crippen LogP contribution in [0, 0.1) is 5.92 Å². The largest absolute Gasteiger partial charge is 0.457 e. The third kappa shape index (κ3) is 4.53. The van der Waals surface area contributed by atoms with Gasteiger partial charge in [0.2, 0.25) is 0 Å². The smallest absolute Gasteiger partial charge is 0.269 e. The highest BCUT2D eigenvalue weighted by atomic mass is 32.1.